The monoisotopic (exact) mass is 275 g/mol. The Morgan fingerprint density at radius 1 is 1.20 bits per heavy atom. The largest absolute Gasteiger partial charge is 0.396 e. The SMILES string of the molecule is CCc1ccc(CN(CC2(CO)COC2)C2CC2)cc1. The summed E-state index contributed by atoms with van der Waals surface area (Å²) >= 11 is 0. The van der Waals surface area contributed by atoms with Crippen LogP contribution in [0.1, 0.15) is 30.9 Å². The summed E-state index contributed by atoms with van der Waals surface area (Å²) in [5, 5.41) is 9.62. The molecule has 0 radical (unpaired) electrons. The summed E-state index contributed by atoms with van der Waals surface area (Å²) in [4.78, 5) is 2.54. The number of nitrogens with zero attached hydrogens (tertiary/aromatic N) is 1. The van der Waals surface area contributed by atoms with E-state index in [1.165, 1.54) is 24.0 Å². The Balaban J connectivity index is 1.64. The lowest BCUT2D eigenvalue weighted by Gasteiger charge is -2.43. The molecule has 20 heavy (non-hydrogen) atoms. The van der Waals surface area contributed by atoms with Gasteiger partial charge in [0.1, 0.15) is 0 Å². The molecule has 0 spiro atoms. The molecule has 1 aliphatic heterocycles. The molecule has 1 saturated heterocycles. The minimum Gasteiger partial charge on any atom is -0.396 e. The van der Waals surface area contributed by atoms with Crippen molar-refractivity contribution in [2.75, 3.05) is 26.4 Å². The molecule has 1 N–H and O–H groups in total. The predicted octanol–water partition coefficient (Wildman–Crippen LogP) is 2.22. The smallest absolute Gasteiger partial charge is 0.0579 e. The molecule has 1 aromatic rings. The second kappa shape index (κ2) is 5.84. The lowest BCUT2D eigenvalue weighted by Crippen LogP contribution is -2.53. The van der Waals surface area contributed by atoms with Crippen molar-refractivity contribution in [2.45, 2.75) is 38.8 Å². The molecule has 3 nitrogen and oxygen atoms in total. The third-order valence-corrected chi connectivity index (χ3v) is 4.57. The summed E-state index contributed by atoms with van der Waals surface area (Å²) < 4.78 is 5.32. The van der Waals surface area contributed by atoms with Crippen LogP contribution in [0.25, 0.3) is 0 Å². The minimum atomic E-state index is -0.00799. The molecule has 3 rings (SSSR count). The zero-order chi connectivity index (χ0) is 14.0. The van der Waals surface area contributed by atoms with Crippen molar-refractivity contribution in [2.24, 2.45) is 5.41 Å². The van der Waals surface area contributed by atoms with Crippen molar-refractivity contribution in [3.05, 3.63) is 35.4 Å². The predicted molar refractivity (Wildman–Crippen MR) is 79.6 cm³/mol. The molecule has 0 unspecified atom stereocenters. The van der Waals surface area contributed by atoms with Crippen molar-refractivity contribution >= 4 is 0 Å². The van der Waals surface area contributed by atoms with Crippen molar-refractivity contribution < 1.29 is 9.84 Å². The van der Waals surface area contributed by atoms with Gasteiger partial charge in [-0.3, -0.25) is 4.90 Å². The fourth-order valence-electron chi connectivity index (χ4n) is 2.92. The number of aliphatic hydroxyl groups is 1. The van der Waals surface area contributed by atoms with Crippen LogP contribution in [0.4, 0.5) is 0 Å². The van der Waals surface area contributed by atoms with Gasteiger partial charge in [-0.25, -0.2) is 0 Å². The molecule has 0 bridgehead atoms. The molecule has 1 saturated carbocycles. The third-order valence-electron chi connectivity index (χ3n) is 4.57. The molecule has 0 amide bonds. The van der Waals surface area contributed by atoms with E-state index in [1.54, 1.807) is 0 Å². The van der Waals surface area contributed by atoms with Crippen LogP contribution < -0.4 is 0 Å². The Morgan fingerprint density at radius 3 is 2.30 bits per heavy atom. The van der Waals surface area contributed by atoms with E-state index < -0.39 is 0 Å². The van der Waals surface area contributed by atoms with Crippen LogP contribution in [0.15, 0.2) is 24.3 Å². The van der Waals surface area contributed by atoms with Gasteiger partial charge in [-0.15, -0.1) is 0 Å². The molecular formula is C17H25NO2. The summed E-state index contributed by atoms with van der Waals surface area (Å²) in [5.74, 6) is 0. The zero-order valence-electron chi connectivity index (χ0n) is 12.3. The van der Waals surface area contributed by atoms with Crippen LogP contribution in [-0.4, -0.2) is 42.4 Å². The van der Waals surface area contributed by atoms with Crippen molar-refractivity contribution in [1.29, 1.82) is 0 Å². The molecule has 110 valence electrons. The van der Waals surface area contributed by atoms with E-state index in [4.69, 9.17) is 4.74 Å². The Hall–Kier alpha value is -0.900. The Labute approximate surface area is 121 Å². The second-order valence-corrected chi connectivity index (χ2v) is 6.46. The van der Waals surface area contributed by atoms with E-state index in [0.29, 0.717) is 19.3 Å². The molecule has 2 fully saturated rings. The van der Waals surface area contributed by atoms with Gasteiger partial charge in [0.2, 0.25) is 0 Å². The fraction of sp³-hybridized carbons (Fsp3) is 0.647. The van der Waals surface area contributed by atoms with E-state index in [-0.39, 0.29) is 12.0 Å². The molecule has 1 aliphatic carbocycles. The van der Waals surface area contributed by atoms with Gasteiger partial charge in [-0.2, -0.15) is 0 Å². The number of hydrogen-bond donors (Lipinski definition) is 1. The normalized spacial score (nSPS) is 20.9. The summed E-state index contributed by atoms with van der Waals surface area (Å²) in [6.45, 7) is 5.81. The fourth-order valence-corrected chi connectivity index (χ4v) is 2.92. The highest BCUT2D eigenvalue weighted by molar-refractivity contribution is 5.22. The first-order valence-corrected chi connectivity index (χ1v) is 7.75. The highest BCUT2D eigenvalue weighted by atomic mass is 16.5. The zero-order valence-corrected chi connectivity index (χ0v) is 12.3. The molecular weight excluding hydrogens is 250 g/mol. The van der Waals surface area contributed by atoms with Gasteiger partial charge in [0.05, 0.1) is 25.2 Å². The van der Waals surface area contributed by atoms with E-state index >= 15 is 0 Å². The highest BCUT2D eigenvalue weighted by Gasteiger charge is 2.42. The number of aliphatic hydroxyl groups excluding tert-OH is 1. The van der Waals surface area contributed by atoms with Crippen molar-refractivity contribution in [1.82, 2.24) is 4.90 Å². The second-order valence-electron chi connectivity index (χ2n) is 6.46. The van der Waals surface area contributed by atoms with Crippen LogP contribution in [0.2, 0.25) is 0 Å². The van der Waals surface area contributed by atoms with E-state index in [0.717, 1.165) is 19.5 Å². The molecule has 0 aromatic heterocycles. The van der Waals surface area contributed by atoms with Gasteiger partial charge in [-0.1, -0.05) is 31.2 Å². The van der Waals surface area contributed by atoms with Crippen LogP contribution in [0, 0.1) is 5.41 Å². The van der Waals surface area contributed by atoms with Gasteiger partial charge < -0.3 is 9.84 Å². The van der Waals surface area contributed by atoms with E-state index in [1.807, 2.05) is 0 Å². The maximum absolute atomic E-state index is 9.62. The number of hydrogen-bond acceptors (Lipinski definition) is 3. The van der Waals surface area contributed by atoms with Crippen LogP contribution >= 0.6 is 0 Å². The first kappa shape index (κ1) is 14.1. The van der Waals surface area contributed by atoms with Gasteiger partial charge in [0, 0.05) is 19.1 Å². The van der Waals surface area contributed by atoms with Gasteiger partial charge >= 0.3 is 0 Å². The molecule has 3 heteroatoms. The topological polar surface area (TPSA) is 32.7 Å². The summed E-state index contributed by atoms with van der Waals surface area (Å²) in [6.07, 6.45) is 3.70. The van der Waals surface area contributed by atoms with Gasteiger partial charge in [-0.05, 0) is 30.4 Å². The summed E-state index contributed by atoms with van der Waals surface area (Å²) in [7, 11) is 0. The minimum absolute atomic E-state index is 0.00799. The average molecular weight is 275 g/mol. The summed E-state index contributed by atoms with van der Waals surface area (Å²) in [6, 6.07) is 9.67. The average Bonchev–Trinajstić information content (AvgIpc) is 3.27. The van der Waals surface area contributed by atoms with Crippen LogP contribution in [-0.2, 0) is 17.7 Å². The molecule has 2 aliphatic rings. The molecule has 1 aromatic carbocycles. The quantitative estimate of drug-likeness (QED) is 0.828. The van der Waals surface area contributed by atoms with Gasteiger partial charge in [0.15, 0.2) is 0 Å². The molecule has 0 atom stereocenters. The van der Waals surface area contributed by atoms with Crippen molar-refractivity contribution in [3.8, 4) is 0 Å². The first-order chi connectivity index (χ1) is 9.74. The maximum Gasteiger partial charge on any atom is 0.0579 e. The van der Waals surface area contributed by atoms with Crippen molar-refractivity contribution in [3.63, 3.8) is 0 Å². The highest BCUT2D eigenvalue weighted by Crippen LogP contribution is 2.35. The van der Waals surface area contributed by atoms with E-state index in [2.05, 4.69) is 36.1 Å². The Bertz CT molecular complexity index is 429. The Morgan fingerprint density at radius 2 is 1.85 bits per heavy atom. The maximum atomic E-state index is 9.62. The van der Waals surface area contributed by atoms with Gasteiger partial charge in [0.25, 0.3) is 0 Å². The van der Waals surface area contributed by atoms with Crippen LogP contribution in [0.5, 0.6) is 0 Å². The lowest BCUT2D eigenvalue weighted by atomic mass is 9.86. The van der Waals surface area contributed by atoms with E-state index in [9.17, 15) is 5.11 Å². The standard InChI is InChI=1S/C17H25NO2/c1-2-14-3-5-15(6-4-14)9-18(16-7-8-16)10-17(11-19)12-20-13-17/h3-6,16,19H,2,7-13H2,1H3. The Kier molecular flexibility index (Phi) is 4.11. The number of ether oxygens (including phenoxy) is 1. The first-order valence-electron chi connectivity index (χ1n) is 7.75. The number of rotatable bonds is 7. The number of benzene rings is 1. The van der Waals surface area contributed by atoms with Crippen LogP contribution in [0.3, 0.4) is 0 Å². The lowest BCUT2D eigenvalue weighted by molar-refractivity contribution is -0.150. The summed E-state index contributed by atoms with van der Waals surface area (Å²) in [5.41, 5.74) is 2.76. The molecule has 1 heterocycles. The number of aryl methyl sites for hydroxylation is 1. The third kappa shape index (κ3) is 3.05.